The number of methoxy groups -OCH3 is 1. The van der Waals surface area contributed by atoms with E-state index in [2.05, 4.69) is 34.7 Å². The summed E-state index contributed by atoms with van der Waals surface area (Å²) in [5.74, 6) is 1.81. The number of hydrogen-bond acceptors (Lipinski definition) is 4. The van der Waals surface area contributed by atoms with Gasteiger partial charge in [0.25, 0.3) is 0 Å². The number of anilines is 2. The Morgan fingerprint density at radius 1 is 1.15 bits per heavy atom. The molecule has 1 aromatic heterocycles. The average Bonchev–Trinajstić information content (AvgIpc) is 2.48. The van der Waals surface area contributed by atoms with Crippen LogP contribution in [-0.4, -0.2) is 25.2 Å². The molecule has 0 aliphatic heterocycles. The summed E-state index contributed by atoms with van der Waals surface area (Å²) in [6.07, 6.45) is 2.77. The van der Waals surface area contributed by atoms with Gasteiger partial charge in [0.05, 0.1) is 7.11 Å². The Hall–Kier alpha value is -2.23. The van der Waals surface area contributed by atoms with Crippen LogP contribution in [-0.2, 0) is 6.42 Å². The largest absolute Gasteiger partial charge is 0.497 e. The molecule has 2 aromatic rings. The van der Waals surface area contributed by atoms with E-state index in [1.165, 1.54) is 5.56 Å². The van der Waals surface area contributed by atoms with Gasteiger partial charge >= 0.3 is 0 Å². The van der Waals surface area contributed by atoms with Gasteiger partial charge in [0.15, 0.2) is 0 Å². The molecular weight excluding hydrogens is 250 g/mol. The van der Waals surface area contributed by atoms with E-state index < -0.39 is 0 Å². The lowest BCUT2D eigenvalue weighted by molar-refractivity contribution is 0.414. The van der Waals surface area contributed by atoms with E-state index in [-0.39, 0.29) is 0 Å². The summed E-state index contributed by atoms with van der Waals surface area (Å²) in [7, 11) is 1.69. The highest BCUT2D eigenvalue weighted by atomic mass is 16.5. The van der Waals surface area contributed by atoms with Gasteiger partial charge in [0.2, 0.25) is 0 Å². The van der Waals surface area contributed by atoms with Crippen LogP contribution in [0.5, 0.6) is 5.75 Å². The van der Waals surface area contributed by atoms with Crippen molar-refractivity contribution in [1.82, 2.24) is 4.98 Å². The first kappa shape index (κ1) is 14.2. The Morgan fingerprint density at radius 2 is 2.05 bits per heavy atom. The Balaban J connectivity index is 1.87. The first-order valence-corrected chi connectivity index (χ1v) is 6.88. The maximum Gasteiger partial charge on any atom is 0.127 e. The summed E-state index contributed by atoms with van der Waals surface area (Å²) in [6, 6.07) is 12.2. The maximum atomic E-state index is 5.23. The normalized spacial score (nSPS) is 10.1. The molecule has 0 unspecified atom stereocenters. The van der Waals surface area contributed by atoms with Gasteiger partial charge in [0, 0.05) is 31.0 Å². The second-order valence-corrected chi connectivity index (χ2v) is 4.49. The molecule has 0 aliphatic carbocycles. The molecule has 2 N–H and O–H groups in total. The molecule has 1 heterocycles. The van der Waals surface area contributed by atoms with Gasteiger partial charge < -0.3 is 15.4 Å². The topological polar surface area (TPSA) is 46.2 Å². The zero-order valence-electron chi connectivity index (χ0n) is 12.0. The van der Waals surface area contributed by atoms with Crippen molar-refractivity contribution in [3.05, 3.63) is 48.2 Å². The minimum absolute atomic E-state index is 0.875. The summed E-state index contributed by atoms with van der Waals surface area (Å²) >= 11 is 0. The third-order valence-electron chi connectivity index (χ3n) is 2.99. The molecule has 0 saturated carbocycles. The molecule has 4 nitrogen and oxygen atoms in total. The molecule has 0 bridgehead atoms. The van der Waals surface area contributed by atoms with Crippen molar-refractivity contribution in [3.8, 4) is 5.75 Å². The average molecular weight is 271 g/mol. The number of hydrogen-bond donors (Lipinski definition) is 2. The number of ether oxygens (including phenoxy) is 1. The van der Waals surface area contributed by atoms with Crippen molar-refractivity contribution in [2.75, 3.05) is 30.8 Å². The fourth-order valence-corrected chi connectivity index (χ4v) is 2.00. The highest BCUT2D eigenvalue weighted by Crippen LogP contribution is 2.14. The van der Waals surface area contributed by atoms with Crippen molar-refractivity contribution in [1.29, 1.82) is 0 Å². The van der Waals surface area contributed by atoms with Crippen LogP contribution in [0.1, 0.15) is 12.5 Å². The second kappa shape index (κ2) is 7.38. The summed E-state index contributed by atoms with van der Waals surface area (Å²) in [5.41, 5.74) is 2.34. The maximum absolute atomic E-state index is 5.23. The molecule has 4 heteroatoms. The predicted octanol–water partition coefficient (Wildman–Crippen LogP) is 3.18. The zero-order valence-corrected chi connectivity index (χ0v) is 12.0. The Bertz CT molecular complexity index is 543. The first-order chi connectivity index (χ1) is 9.81. The van der Waals surface area contributed by atoms with Gasteiger partial charge in [-0.15, -0.1) is 0 Å². The van der Waals surface area contributed by atoms with Crippen LogP contribution in [0.4, 0.5) is 11.5 Å². The third kappa shape index (κ3) is 4.16. The fourth-order valence-electron chi connectivity index (χ4n) is 2.00. The van der Waals surface area contributed by atoms with E-state index in [1.54, 1.807) is 7.11 Å². The SMILES string of the molecule is CCNc1cc(NCCc2cccc(OC)c2)ccn1. The van der Waals surface area contributed by atoms with E-state index in [4.69, 9.17) is 4.74 Å². The molecule has 20 heavy (non-hydrogen) atoms. The van der Waals surface area contributed by atoms with Crippen molar-refractivity contribution >= 4 is 11.5 Å². The van der Waals surface area contributed by atoms with Crippen molar-refractivity contribution in [2.45, 2.75) is 13.3 Å². The van der Waals surface area contributed by atoms with Crippen LogP contribution in [0.15, 0.2) is 42.6 Å². The van der Waals surface area contributed by atoms with Gasteiger partial charge in [0.1, 0.15) is 11.6 Å². The summed E-state index contributed by atoms with van der Waals surface area (Å²) in [5, 5.41) is 6.61. The summed E-state index contributed by atoms with van der Waals surface area (Å²) in [4.78, 5) is 4.25. The summed E-state index contributed by atoms with van der Waals surface area (Å²) in [6.45, 7) is 3.81. The van der Waals surface area contributed by atoms with Crippen LogP contribution >= 0.6 is 0 Å². The van der Waals surface area contributed by atoms with E-state index in [9.17, 15) is 0 Å². The van der Waals surface area contributed by atoms with Crippen molar-refractivity contribution in [3.63, 3.8) is 0 Å². The van der Waals surface area contributed by atoms with E-state index in [1.807, 2.05) is 30.5 Å². The number of aromatic nitrogens is 1. The highest BCUT2D eigenvalue weighted by Gasteiger charge is 1.98. The lowest BCUT2D eigenvalue weighted by Crippen LogP contribution is -2.06. The third-order valence-corrected chi connectivity index (χ3v) is 2.99. The minimum Gasteiger partial charge on any atom is -0.497 e. The Labute approximate surface area is 120 Å². The van der Waals surface area contributed by atoms with Gasteiger partial charge in [-0.2, -0.15) is 0 Å². The first-order valence-electron chi connectivity index (χ1n) is 6.88. The molecule has 0 radical (unpaired) electrons. The number of benzene rings is 1. The van der Waals surface area contributed by atoms with Crippen molar-refractivity contribution < 1.29 is 4.74 Å². The quantitative estimate of drug-likeness (QED) is 0.812. The number of nitrogens with zero attached hydrogens (tertiary/aromatic N) is 1. The molecule has 2 rings (SSSR count). The zero-order chi connectivity index (χ0) is 14.2. The smallest absolute Gasteiger partial charge is 0.127 e. The molecule has 0 amide bonds. The fraction of sp³-hybridized carbons (Fsp3) is 0.312. The molecule has 0 spiro atoms. The number of nitrogens with one attached hydrogen (secondary N) is 2. The van der Waals surface area contributed by atoms with E-state index in [0.29, 0.717) is 0 Å². The number of pyridine rings is 1. The lowest BCUT2D eigenvalue weighted by atomic mass is 10.1. The molecule has 0 fully saturated rings. The monoisotopic (exact) mass is 271 g/mol. The molecule has 106 valence electrons. The van der Waals surface area contributed by atoms with Crippen LogP contribution in [0.3, 0.4) is 0 Å². The molecule has 0 saturated heterocycles. The second-order valence-electron chi connectivity index (χ2n) is 4.49. The molecular formula is C16H21N3O. The van der Waals surface area contributed by atoms with Gasteiger partial charge in [-0.05, 0) is 37.1 Å². The van der Waals surface area contributed by atoms with Gasteiger partial charge in [-0.3, -0.25) is 0 Å². The minimum atomic E-state index is 0.875. The van der Waals surface area contributed by atoms with Crippen molar-refractivity contribution in [2.24, 2.45) is 0 Å². The highest BCUT2D eigenvalue weighted by molar-refractivity contribution is 5.51. The Morgan fingerprint density at radius 3 is 2.85 bits per heavy atom. The predicted molar refractivity (Wildman–Crippen MR) is 83.6 cm³/mol. The van der Waals surface area contributed by atoms with Gasteiger partial charge in [-0.1, -0.05) is 12.1 Å². The summed E-state index contributed by atoms with van der Waals surface area (Å²) < 4.78 is 5.23. The molecule has 0 atom stereocenters. The van der Waals surface area contributed by atoms with E-state index >= 15 is 0 Å². The number of rotatable bonds is 7. The molecule has 0 aliphatic rings. The van der Waals surface area contributed by atoms with Crippen LogP contribution in [0.25, 0.3) is 0 Å². The lowest BCUT2D eigenvalue weighted by Gasteiger charge is -2.09. The molecule has 1 aromatic carbocycles. The van der Waals surface area contributed by atoms with Crippen LogP contribution in [0, 0.1) is 0 Å². The standard InChI is InChI=1S/C16H21N3O/c1-3-17-16-12-14(8-10-19-16)18-9-7-13-5-4-6-15(11-13)20-2/h4-6,8,10-12H,3,7,9H2,1-2H3,(H2,17,18,19). The Kier molecular flexibility index (Phi) is 5.24. The van der Waals surface area contributed by atoms with Crippen LogP contribution < -0.4 is 15.4 Å². The van der Waals surface area contributed by atoms with Crippen LogP contribution in [0.2, 0.25) is 0 Å². The van der Waals surface area contributed by atoms with Gasteiger partial charge in [-0.25, -0.2) is 4.98 Å². The van der Waals surface area contributed by atoms with E-state index in [0.717, 1.165) is 36.8 Å².